The van der Waals surface area contributed by atoms with Crippen molar-refractivity contribution in [2.75, 3.05) is 11.9 Å². The van der Waals surface area contributed by atoms with Gasteiger partial charge in [0.25, 0.3) is 0 Å². The van der Waals surface area contributed by atoms with Crippen LogP contribution in [0, 0.1) is 23.1 Å². The van der Waals surface area contributed by atoms with Crippen molar-refractivity contribution in [3.05, 3.63) is 101 Å². The maximum Gasteiger partial charge on any atom is 0.410 e. The molecule has 212 valence electrons. The highest BCUT2D eigenvalue weighted by molar-refractivity contribution is 5.97. The number of carbonyl (C=O) groups excluding carboxylic acids is 2. The number of amides is 2. The number of aliphatic hydroxyl groups excluding tert-OH is 1. The molecule has 1 saturated carbocycles. The van der Waals surface area contributed by atoms with Crippen molar-refractivity contribution in [1.82, 2.24) is 4.90 Å². The van der Waals surface area contributed by atoms with Crippen molar-refractivity contribution in [3.63, 3.8) is 0 Å². The first-order valence-corrected chi connectivity index (χ1v) is 13.8. The normalized spacial score (nSPS) is 19.7. The van der Waals surface area contributed by atoms with Crippen LogP contribution >= 0.6 is 0 Å². The summed E-state index contributed by atoms with van der Waals surface area (Å²) < 4.78 is 20.4. The number of rotatable bonds is 9. The second-order valence-corrected chi connectivity index (χ2v) is 10.9. The van der Waals surface area contributed by atoms with E-state index in [9.17, 15) is 20.0 Å². The van der Waals surface area contributed by atoms with Crippen LogP contribution in [0.25, 0.3) is 0 Å². The molecule has 2 amide bonds. The van der Waals surface area contributed by atoms with Gasteiger partial charge in [0.05, 0.1) is 35.5 Å². The van der Waals surface area contributed by atoms with E-state index >= 15 is 4.39 Å². The summed E-state index contributed by atoms with van der Waals surface area (Å²) in [6, 6.07) is 21.7. The zero-order valence-corrected chi connectivity index (χ0v) is 22.6. The highest BCUT2D eigenvalue weighted by Crippen LogP contribution is 2.40. The molecule has 2 aliphatic rings. The minimum atomic E-state index is -1.04. The number of anilines is 1. The fraction of sp³-hybridized carbons (Fsp3) is 0.344. The average Bonchev–Trinajstić information content (AvgIpc) is 3.74. The van der Waals surface area contributed by atoms with Crippen molar-refractivity contribution in [3.8, 4) is 6.07 Å². The average molecular weight is 557 g/mol. The molecular formula is C32H33FN4O4. The number of nitriles is 1. The Morgan fingerprint density at radius 3 is 2.59 bits per heavy atom. The monoisotopic (exact) mass is 556 g/mol. The summed E-state index contributed by atoms with van der Waals surface area (Å²) in [7, 11) is 0. The summed E-state index contributed by atoms with van der Waals surface area (Å²) in [5.41, 5.74) is 8.51. The SMILES string of the molecule is N#Cc1cccc(C(N)(CCC2CC2)c2ccc(F)c(NC(=O)[C@H]3C[C@@H](O)CN3C(=O)OCc3ccccc3)c2)c1. The molecule has 4 N–H and O–H groups in total. The van der Waals surface area contributed by atoms with Crippen LogP contribution in [0.15, 0.2) is 72.8 Å². The van der Waals surface area contributed by atoms with Gasteiger partial charge in [-0.25, -0.2) is 9.18 Å². The van der Waals surface area contributed by atoms with Gasteiger partial charge >= 0.3 is 6.09 Å². The van der Waals surface area contributed by atoms with Crippen LogP contribution in [-0.4, -0.2) is 40.7 Å². The second-order valence-electron chi connectivity index (χ2n) is 10.9. The quantitative estimate of drug-likeness (QED) is 0.347. The van der Waals surface area contributed by atoms with E-state index in [0.717, 1.165) is 30.4 Å². The zero-order valence-electron chi connectivity index (χ0n) is 22.6. The standard InChI is InChI=1S/C32H33FN4O4/c33-27-12-11-25(32(35,14-13-21-9-10-21)24-8-4-7-23(15-24)18-34)16-28(27)36-30(39)29-17-26(38)19-37(29)31(40)41-20-22-5-2-1-3-6-22/h1-8,11-12,15-16,21,26,29,38H,9-10,13-14,17,19-20,35H2,(H,36,39)/t26-,29-,32?/m1/s1. The first kappa shape index (κ1) is 28.3. The van der Waals surface area contributed by atoms with Crippen molar-refractivity contribution in [2.45, 2.75) is 56.4 Å². The summed E-state index contributed by atoms with van der Waals surface area (Å²) >= 11 is 0. The molecule has 2 fully saturated rings. The summed E-state index contributed by atoms with van der Waals surface area (Å²) in [5.74, 6) is -0.700. The van der Waals surface area contributed by atoms with Crippen LogP contribution in [0.4, 0.5) is 14.9 Å². The van der Waals surface area contributed by atoms with Gasteiger partial charge in [0.15, 0.2) is 0 Å². The molecular weight excluding hydrogens is 523 g/mol. The van der Waals surface area contributed by atoms with Gasteiger partial charge in [0.2, 0.25) is 5.91 Å². The van der Waals surface area contributed by atoms with E-state index in [1.165, 1.54) is 17.0 Å². The molecule has 0 spiro atoms. The lowest BCUT2D eigenvalue weighted by Crippen LogP contribution is -2.43. The smallest absolute Gasteiger partial charge is 0.410 e. The van der Waals surface area contributed by atoms with Gasteiger partial charge in [0, 0.05) is 6.42 Å². The Kier molecular flexibility index (Phi) is 8.34. The number of nitrogens with one attached hydrogen (secondary N) is 1. The number of aliphatic hydroxyl groups is 1. The lowest BCUT2D eigenvalue weighted by atomic mass is 9.79. The molecule has 3 atom stereocenters. The zero-order chi connectivity index (χ0) is 29.0. The van der Waals surface area contributed by atoms with Crippen LogP contribution in [0.1, 0.15) is 54.4 Å². The van der Waals surface area contributed by atoms with Crippen molar-refractivity contribution < 1.29 is 23.8 Å². The van der Waals surface area contributed by atoms with Crippen LogP contribution in [0.2, 0.25) is 0 Å². The molecule has 1 aliphatic carbocycles. The molecule has 9 heteroatoms. The minimum absolute atomic E-state index is 0.00323. The highest BCUT2D eigenvalue weighted by atomic mass is 19.1. The fourth-order valence-electron chi connectivity index (χ4n) is 5.34. The van der Waals surface area contributed by atoms with E-state index < -0.39 is 35.5 Å². The molecule has 1 saturated heterocycles. The van der Waals surface area contributed by atoms with Gasteiger partial charge in [0.1, 0.15) is 18.5 Å². The number of likely N-dealkylation sites (tertiary alicyclic amines) is 1. The topological polar surface area (TPSA) is 129 Å². The molecule has 0 radical (unpaired) electrons. The molecule has 3 aromatic carbocycles. The number of ether oxygens (including phenoxy) is 1. The summed E-state index contributed by atoms with van der Waals surface area (Å²) in [6.07, 6.45) is 2.11. The van der Waals surface area contributed by atoms with E-state index in [1.54, 1.807) is 24.3 Å². The summed E-state index contributed by atoms with van der Waals surface area (Å²) in [4.78, 5) is 27.3. The number of hydrogen-bond donors (Lipinski definition) is 3. The van der Waals surface area contributed by atoms with Gasteiger partial charge in [-0.15, -0.1) is 0 Å². The molecule has 41 heavy (non-hydrogen) atoms. The van der Waals surface area contributed by atoms with Gasteiger partial charge < -0.3 is 20.9 Å². The van der Waals surface area contributed by atoms with E-state index in [2.05, 4.69) is 11.4 Å². The first-order chi connectivity index (χ1) is 19.8. The van der Waals surface area contributed by atoms with Gasteiger partial charge in [-0.3, -0.25) is 9.69 Å². The Hall–Kier alpha value is -4.26. The Morgan fingerprint density at radius 2 is 1.85 bits per heavy atom. The Morgan fingerprint density at radius 1 is 1.10 bits per heavy atom. The third-order valence-electron chi connectivity index (χ3n) is 7.91. The third kappa shape index (κ3) is 6.56. The van der Waals surface area contributed by atoms with Gasteiger partial charge in [-0.1, -0.05) is 61.4 Å². The van der Waals surface area contributed by atoms with Gasteiger partial charge in [-0.2, -0.15) is 5.26 Å². The summed E-state index contributed by atoms with van der Waals surface area (Å²) in [6.45, 7) is -0.0553. The fourth-order valence-corrected chi connectivity index (χ4v) is 5.34. The van der Waals surface area contributed by atoms with E-state index in [0.29, 0.717) is 23.5 Å². The Balaban J connectivity index is 1.36. The number of halogens is 1. The highest BCUT2D eigenvalue weighted by Gasteiger charge is 2.40. The van der Waals surface area contributed by atoms with Crippen LogP contribution in [0.5, 0.6) is 0 Å². The lowest BCUT2D eigenvalue weighted by molar-refractivity contribution is -0.120. The number of carbonyl (C=O) groups is 2. The minimum Gasteiger partial charge on any atom is -0.445 e. The van der Waals surface area contributed by atoms with Crippen LogP contribution in [0.3, 0.4) is 0 Å². The third-order valence-corrected chi connectivity index (χ3v) is 7.91. The molecule has 5 rings (SSSR count). The predicted octanol–water partition coefficient (Wildman–Crippen LogP) is 4.80. The Bertz CT molecular complexity index is 1460. The van der Waals surface area contributed by atoms with Crippen molar-refractivity contribution in [2.24, 2.45) is 11.7 Å². The number of nitrogens with two attached hydrogens (primary N) is 1. The number of nitrogens with zero attached hydrogens (tertiary/aromatic N) is 2. The number of β-amino-alcohol motifs (C(OH)–C–C–N with tert-alkyl or cyclic N) is 1. The Labute approximate surface area is 238 Å². The molecule has 0 bridgehead atoms. The van der Waals surface area contributed by atoms with E-state index in [4.69, 9.17) is 10.5 Å². The van der Waals surface area contributed by atoms with Crippen molar-refractivity contribution >= 4 is 17.7 Å². The van der Waals surface area contributed by atoms with Crippen LogP contribution in [-0.2, 0) is 21.7 Å². The number of benzene rings is 3. The number of hydrogen-bond acceptors (Lipinski definition) is 6. The second kappa shape index (κ2) is 12.1. The van der Waals surface area contributed by atoms with Crippen LogP contribution < -0.4 is 11.1 Å². The maximum absolute atomic E-state index is 15.0. The maximum atomic E-state index is 15.0. The predicted molar refractivity (Wildman–Crippen MR) is 151 cm³/mol. The summed E-state index contributed by atoms with van der Waals surface area (Å²) in [5, 5.41) is 22.3. The van der Waals surface area contributed by atoms with Gasteiger partial charge in [-0.05, 0) is 59.7 Å². The first-order valence-electron chi connectivity index (χ1n) is 13.8. The molecule has 1 heterocycles. The van der Waals surface area contributed by atoms with E-state index in [-0.39, 0.29) is 25.3 Å². The molecule has 3 aromatic rings. The van der Waals surface area contributed by atoms with E-state index in [1.807, 2.05) is 36.4 Å². The largest absolute Gasteiger partial charge is 0.445 e. The lowest BCUT2D eigenvalue weighted by Gasteiger charge is -2.32. The van der Waals surface area contributed by atoms with Crippen molar-refractivity contribution in [1.29, 1.82) is 5.26 Å². The molecule has 1 aliphatic heterocycles. The molecule has 8 nitrogen and oxygen atoms in total. The molecule has 1 unspecified atom stereocenters. The molecule has 0 aromatic heterocycles.